The van der Waals surface area contributed by atoms with E-state index >= 15 is 0 Å². The van der Waals surface area contributed by atoms with Gasteiger partial charge in [-0.3, -0.25) is 4.79 Å². The van der Waals surface area contributed by atoms with Crippen LogP contribution in [0.3, 0.4) is 0 Å². The molecule has 24 heavy (non-hydrogen) atoms. The molecular formula is C18H24N2O4. The second-order valence-electron chi connectivity index (χ2n) is 7.18. The number of carbonyl (C=O) groups is 2. The molecule has 1 saturated heterocycles. The maximum atomic E-state index is 12.4. The Balaban J connectivity index is 1.62. The zero-order valence-electron chi connectivity index (χ0n) is 14.2. The van der Waals surface area contributed by atoms with E-state index in [0.717, 1.165) is 24.2 Å². The molecule has 0 bridgehead atoms. The van der Waals surface area contributed by atoms with Crippen LogP contribution < -0.4 is 10.1 Å². The molecule has 1 aromatic carbocycles. The van der Waals surface area contributed by atoms with Crippen molar-refractivity contribution in [2.45, 2.75) is 31.6 Å². The van der Waals surface area contributed by atoms with E-state index < -0.39 is 11.4 Å². The number of nitrogens with one attached hydrogen (secondary N) is 1. The predicted molar refractivity (Wildman–Crippen MR) is 89.2 cm³/mol. The highest BCUT2D eigenvalue weighted by atomic mass is 16.5. The van der Waals surface area contributed by atoms with Crippen molar-refractivity contribution in [1.82, 2.24) is 10.2 Å². The Bertz CT molecular complexity index is 656. The largest absolute Gasteiger partial charge is 0.496 e. The van der Waals surface area contributed by atoms with Gasteiger partial charge in [-0.1, -0.05) is 18.2 Å². The fourth-order valence-corrected chi connectivity index (χ4v) is 3.44. The molecule has 6 nitrogen and oxygen atoms in total. The van der Waals surface area contributed by atoms with Gasteiger partial charge in [0.25, 0.3) is 0 Å². The molecule has 0 spiro atoms. The van der Waals surface area contributed by atoms with Crippen LogP contribution in [0.2, 0.25) is 0 Å². The van der Waals surface area contributed by atoms with Crippen LogP contribution in [0.4, 0.5) is 4.79 Å². The molecule has 1 atom stereocenters. The molecule has 1 aliphatic heterocycles. The van der Waals surface area contributed by atoms with E-state index in [1.165, 1.54) is 0 Å². The summed E-state index contributed by atoms with van der Waals surface area (Å²) in [6.45, 7) is 2.98. The average molecular weight is 332 g/mol. The van der Waals surface area contributed by atoms with Crippen molar-refractivity contribution in [3.8, 4) is 5.75 Å². The van der Waals surface area contributed by atoms with Crippen LogP contribution in [-0.4, -0.2) is 48.8 Å². The van der Waals surface area contributed by atoms with Gasteiger partial charge in [0, 0.05) is 30.6 Å². The number of amides is 2. The number of benzene rings is 1. The number of urea groups is 1. The number of para-hydroxylation sites is 1. The molecule has 0 aromatic heterocycles. The van der Waals surface area contributed by atoms with E-state index in [4.69, 9.17) is 4.74 Å². The summed E-state index contributed by atoms with van der Waals surface area (Å²) in [4.78, 5) is 25.3. The highest BCUT2D eigenvalue weighted by molar-refractivity contribution is 5.79. The minimum atomic E-state index is -0.842. The molecule has 6 heteroatoms. The maximum absolute atomic E-state index is 12.4. The van der Waals surface area contributed by atoms with Crippen LogP contribution in [0.15, 0.2) is 24.3 Å². The SMILES string of the molecule is COc1ccccc1C1(CNC(=O)N2CCC(C)(C(=O)O)C2)CC1. The van der Waals surface area contributed by atoms with Gasteiger partial charge in [0.1, 0.15) is 5.75 Å². The third kappa shape index (κ3) is 2.92. The number of hydrogen-bond donors (Lipinski definition) is 2. The number of hydrogen-bond acceptors (Lipinski definition) is 3. The first-order valence-electron chi connectivity index (χ1n) is 8.30. The van der Waals surface area contributed by atoms with Gasteiger partial charge in [-0.25, -0.2) is 4.79 Å². The monoisotopic (exact) mass is 332 g/mol. The number of likely N-dealkylation sites (tertiary alicyclic amines) is 1. The van der Waals surface area contributed by atoms with Crippen molar-refractivity contribution < 1.29 is 19.4 Å². The number of carbonyl (C=O) groups excluding carboxylic acids is 1. The number of nitrogens with zero attached hydrogens (tertiary/aromatic N) is 1. The Morgan fingerprint density at radius 1 is 1.29 bits per heavy atom. The number of rotatable bonds is 5. The van der Waals surface area contributed by atoms with Gasteiger partial charge in [-0.15, -0.1) is 0 Å². The van der Waals surface area contributed by atoms with Gasteiger partial charge < -0.3 is 20.1 Å². The lowest BCUT2D eigenvalue weighted by atomic mass is 9.90. The Labute approximate surface area is 141 Å². The van der Waals surface area contributed by atoms with E-state index in [0.29, 0.717) is 19.5 Å². The van der Waals surface area contributed by atoms with Crippen molar-refractivity contribution in [1.29, 1.82) is 0 Å². The lowest BCUT2D eigenvalue weighted by Crippen LogP contribution is -2.43. The summed E-state index contributed by atoms with van der Waals surface area (Å²) >= 11 is 0. The second-order valence-corrected chi connectivity index (χ2v) is 7.18. The molecule has 130 valence electrons. The Morgan fingerprint density at radius 2 is 2.00 bits per heavy atom. The average Bonchev–Trinajstić information content (AvgIpc) is 3.27. The Hall–Kier alpha value is -2.24. The van der Waals surface area contributed by atoms with Crippen LogP contribution in [0.5, 0.6) is 5.75 Å². The van der Waals surface area contributed by atoms with E-state index in [1.807, 2.05) is 18.2 Å². The van der Waals surface area contributed by atoms with E-state index in [9.17, 15) is 14.7 Å². The van der Waals surface area contributed by atoms with Gasteiger partial charge in [-0.05, 0) is 32.3 Å². The Kier molecular flexibility index (Phi) is 4.15. The number of carboxylic acids is 1. The highest BCUT2D eigenvalue weighted by Gasteiger charge is 2.47. The third-order valence-electron chi connectivity index (χ3n) is 5.39. The lowest BCUT2D eigenvalue weighted by molar-refractivity contribution is -0.147. The van der Waals surface area contributed by atoms with Crippen molar-refractivity contribution >= 4 is 12.0 Å². The van der Waals surface area contributed by atoms with Crippen molar-refractivity contribution in [3.63, 3.8) is 0 Å². The molecule has 2 amide bonds. The topological polar surface area (TPSA) is 78.9 Å². The quantitative estimate of drug-likeness (QED) is 0.867. The van der Waals surface area contributed by atoms with Crippen LogP contribution in [0, 0.1) is 5.41 Å². The van der Waals surface area contributed by atoms with Gasteiger partial charge >= 0.3 is 12.0 Å². The van der Waals surface area contributed by atoms with Crippen LogP contribution in [-0.2, 0) is 10.2 Å². The maximum Gasteiger partial charge on any atom is 0.317 e. The molecule has 1 unspecified atom stereocenters. The van der Waals surface area contributed by atoms with Gasteiger partial charge in [0.15, 0.2) is 0 Å². The van der Waals surface area contributed by atoms with Crippen molar-refractivity contribution in [2.24, 2.45) is 5.41 Å². The van der Waals surface area contributed by atoms with Gasteiger partial charge in [0.05, 0.1) is 12.5 Å². The number of aliphatic carboxylic acids is 1. The van der Waals surface area contributed by atoms with Crippen LogP contribution >= 0.6 is 0 Å². The third-order valence-corrected chi connectivity index (χ3v) is 5.39. The number of methoxy groups -OCH3 is 1. The standard InChI is InChI=1S/C18H24N2O4/c1-17(15(21)22)9-10-20(12-17)16(23)19-11-18(7-8-18)13-5-3-4-6-14(13)24-2/h3-6H,7-12H2,1-2H3,(H,19,23)(H,21,22). The number of carboxylic acid groups (broad SMARTS) is 1. The van der Waals surface area contributed by atoms with E-state index in [-0.39, 0.29) is 18.0 Å². The first kappa shape index (κ1) is 16.6. The summed E-state index contributed by atoms with van der Waals surface area (Å²) < 4.78 is 5.44. The predicted octanol–water partition coefficient (Wildman–Crippen LogP) is 2.23. The van der Waals surface area contributed by atoms with Crippen molar-refractivity contribution in [3.05, 3.63) is 29.8 Å². The minimum Gasteiger partial charge on any atom is -0.496 e. The van der Waals surface area contributed by atoms with Gasteiger partial charge in [0.2, 0.25) is 0 Å². The summed E-state index contributed by atoms with van der Waals surface area (Å²) in [6.07, 6.45) is 2.52. The molecule has 2 aliphatic rings. The first-order valence-corrected chi connectivity index (χ1v) is 8.30. The first-order chi connectivity index (χ1) is 11.4. The summed E-state index contributed by atoms with van der Waals surface area (Å²) in [5, 5.41) is 12.3. The molecule has 1 saturated carbocycles. The smallest absolute Gasteiger partial charge is 0.317 e. The zero-order valence-corrected chi connectivity index (χ0v) is 14.2. The molecule has 3 rings (SSSR count). The summed E-state index contributed by atoms with van der Waals surface area (Å²) in [5.41, 5.74) is 0.236. The highest BCUT2D eigenvalue weighted by Crippen LogP contribution is 2.50. The van der Waals surface area contributed by atoms with Crippen LogP contribution in [0.25, 0.3) is 0 Å². The fourth-order valence-electron chi connectivity index (χ4n) is 3.44. The molecule has 1 heterocycles. The zero-order chi connectivity index (χ0) is 17.4. The van der Waals surface area contributed by atoms with E-state index in [1.54, 1.807) is 18.9 Å². The Morgan fingerprint density at radius 3 is 2.58 bits per heavy atom. The molecule has 1 aliphatic carbocycles. The molecule has 1 aromatic rings. The number of ether oxygens (including phenoxy) is 1. The lowest BCUT2D eigenvalue weighted by Gasteiger charge is -2.23. The fraction of sp³-hybridized carbons (Fsp3) is 0.556. The second kappa shape index (κ2) is 6.00. The summed E-state index contributed by atoms with van der Waals surface area (Å²) in [6, 6.07) is 7.73. The molecule has 2 N–H and O–H groups in total. The normalized spacial score (nSPS) is 24.5. The molecule has 2 fully saturated rings. The molecule has 0 radical (unpaired) electrons. The van der Waals surface area contributed by atoms with E-state index in [2.05, 4.69) is 11.4 Å². The van der Waals surface area contributed by atoms with Crippen LogP contribution in [0.1, 0.15) is 31.7 Å². The molecular weight excluding hydrogens is 308 g/mol. The summed E-state index contributed by atoms with van der Waals surface area (Å²) in [5.74, 6) is 0.00867. The summed E-state index contributed by atoms with van der Waals surface area (Å²) in [7, 11) is 1.66. The minimum absolute atomic E-state index is 0.0575. The van der Waals surface area contributed by atoms with Gasteiger partial charge in [-0.2, -0.15) is 0 Å². The van der Waals surface area contributed by atoms with Crippen molar-refractivity contribution in [2.75, 3.05) is 26.7 Å².